The van der Waals surface area contributed by atoms with Crippen LogP contribution >= 0.6 is 0 Å². The van der Waals surface area contributed by atoms with Gasteiger partial charge in [0, 0.05) is 25.0 Å². The van der Waals surface area contributed by atoms with Gasteiger partial charge in [-0.1, -0.05) is 13.0 Å². The summed E-state index contributed by atoms with van der Waals surface area (Å²) in [7, 11) is 0. The van der Waals surface area contributed by atoms with Gasteiger partial charge in [-0.25, -0.2) is 0 Å². The highest BCUT2D eigenvalue weighted by Crippen LogP contribution is 2.23. The van der Waals surface area contributed by atoms with Crippen LogP contribution in [0.3, 0.4) is 0 Å². The lowest BCUT2D eigenvalue weighted by Crippen LogP contribution is -2.29. The third-order valence-electron chi connectivity index (χ3n) is 4.17. The Morgan fingerprint density at radius 3 is 3.00 bits per heavy atom. The van der Waals surface area contributed by atoms with E-state index in [0.29, 0.717) is 6.54 Å². The van der Waals surface area contributed by atoms with Gasteiger partial charge in [0.25, 0.3) is 5.91 Å². The molecule has 1 aromatic carbocycles. The number of aryl methyl sites for hydroxylation is 1. The van der Waals surface area contributed by atoms with E-state index in [1.165, 1.54) is 5.39 Å². The molecule has 5 nitrogen and oxygen atoms in total. The first-order chi connectivity index (χ1) is 10.7. The Morgan fingerprint density at radius 2 is 2.27 bits per heavy atom. The Balaban J connectivity index is 1.73. The first-order valence-corrected chi connectivity index (χ1v) is 7.96. The van der Waals surface area contributed by atoms with Gasteiger partial charge >= 0.3 is 0 Å². The summed E-state index contributed by atoms with van der Waals surface area (Å²) in [6, 6.07) is 8.10. The van der Waals surface area contributed by atoms with Crippen molar-refractivity contribution in [1.82, 2.24) is 4.57 Å². The van der Waals surface area contributed by atoms with Crippen molar-refractivity contribution >= 4 is 22.5 Å². The van der Waals surface area contributed by atoms with Gasteiger partial charge in [-0.15, -0.1) is 0 Å². The molecule has 2 heterocycles. The molecule has 1 saturated heterocycles. The summed E-state index contributed by atoms with van der Waals surface area (Å²) >= 11 is 0. The number of hydrogen-bond acceptors (Lipinski definition) is 3. The Labute approximate surface area is 130 Å². The number of nitrogens with one attached hydrogen (secondary N) is 1. The topological polar surface area (TPSA) is 69.3 Å². The maximum atomic E-state index is 12.3. The highest BCUT2D eigenvalue weighted by atomic mass is 16.5. The molecule has 0 saturated carbocycles. The zero-order valence-electron chi connectivity index (χ0n) is 12.9. The fraction of sp³-hybridized carbons (Fsp3) is 0.471. The molecule has 0 radical (unpaired) electrons. The molecule has 1 aliphatic heterocycles. The molecule has 3 rings (SSSR count). The van der Waals surface area contributed by atoms with Gasteiger partial charge in [0.2, 0.25) is 0 Å². The number of ether oxygens (including phenoxy) is 1. The first-order valence-electron chi connectivity index (χ1n) is 7.96. The minimum atomic E-state index is -0.383. The Morgan fingerprint density at radius 1 is 1.41 bits per heavy atom. The van der Waals surface area contributed by atoms with Crippen LogP contribution in [0, 0.1) is 0 Å². The molecule has 1 amide bonds. The van der Waals surface area contributed by atoms with Crippen LogP contribution < -0.4 is 11.1 Å². The number of aromatic nitrogens is 1. The summed E-state index contributed by atoms with van der Waals surface area (Å²) < 4.78 is 7.85. The third kappa shape index (κ3) is 3.00. The van der Waals surface area contributed by atoms with E-state index in [0.717, 1.165) is 37.0 Å². The van der Waals surface area contributed by atoms with E-state index < -0.39 is 0 Å². The molecular weight excluding hydrogens is 278 g/mol. The van der Waals surface area contributed by atoms with Crippen LogP contribution in [-0.4, -0.2) is 29.2 Å². The Kier molecular flexibility index (Phi) is 4.45. The average Bonchev–Trinajstić information content (AvgIpc) is 3.15. The van der Waals surface area contributed by atoms with Crippen LogP contribution in [0.1, 0.15) is 26.2 Å². The van der Waals surface area contributed by atoms with E-state index in [1.54, 1.807) is 0 Å². The summed E-state index contributed by atoms with van der Waals surface area (Å²) in [5.41, 5.74) is 7.54. The predicted molar refractivity (Wildman–Crippen MR) is 87.8 cm³/mol. The summed E-state index contributed by atoms with van der Waals surface area (Å²) in [5, 5.41) is 4.15. The van der Waals surface area contributed by atoms with Crippen LogP contribution in [0.2, 0.25) is 0 Å². The number of hydrogen-bond donors (Lipinski definition) is 2. The molecule has 1 aliphatic rings. The van der Waals surface area contributed by atoms with Crippen molar-refractivity contribution in [1.29, 1.82) is 0 Å². The standard InChI is InChI=1S/C17H23N3O2/c1-2-8-20-9-7-12-3-4-13(10-15(12)20)19-17(21)16-6-5-14(11-18)22-16/h3-4,7,9-10,14,16H,2,5-6,8,11,18H2,1H3,(H,19,21)/t14-,16+/m1/s1. The summed E-state index contributed by atoms with van der Waals surface area (Å²) in [6.45, 7) is 3.61. The smallest absolute Gasteiger partial charge is 0.253 e. The molecule has 3 N–H and O–H groups in total. The van der Waals surface area contributed by atoms with Crippen molar-refractivity contribution in [2.24, 2.45) is 5.73 Å². The monoisotopic (exact) mass is 301 g/mol. The average molecular weight is 301 g/mol. The van der Waals surface area contributed by atoms with Crippen LogP contribution in [0.25, 0.3) is 10.9 Å². The lowest BCUT2D eigenvalue weighted by molar-refractivity contribution is -0.126. The zero-order valence-corrected chi connectivity index (χ0v) is 12.9. The van der Waals surface area contributed by atoms with Gasteiger partial charge in [0.1, 0.15) is 6.10 Å². The van der Waals surface area contributed by atoms with Crippen LogP contribution in [0.5, 0.6) is 0 Å². The number of fused-ring (bicyclic) bond motifs is 1. The number of nitrogens with two attached hydrogens (primary N) is 1. The fourth-order valence-corrected chi connectivity index (χ4v) is 2.99. The molecule has 2 atom stereocenters. The highest BCUT2D eigenvalue weighted by Gasteiger charge is 2.29. The molecule has 0 spiro atoms. The number of amides is 1. The number of rotatable bonds is 5. The molecule has 2 aromatic rings. The van der Waals surface area contributed by atoms with Crippen molar-refractivity contribution in [3.8, 4) is 0 Å². The van der Waals surface area contributed by atoms with Gasteiger partial charge in [-0.2, -0.15) is 0 Å². The molecule has 5 heteroatoms. The highest BCUT2D eigenvalue weighted by molar-refractivity contribution is 5.96. The van der Waals surface area contributed by atoms with Gasteiger partial charge < -0.3 is 20.4 Å². The first kappa shape index (κ1) is 15.1. The van der Waals surface area contributed by atoms with E-state index in [4.69, 9.17) is 10.5 Å². The number of carbonyl (C=O) groups is 1. The van der Waals surface area contributed by atoms with E-state index in [-0.39, 0.29) is 18.1 Å². The predicted octanol–water partition coefficient (Wildman–Crippen LogP) is 2.50. The number of anilines is 1. The van der Waals surface area contributed by atoms with E-state index in [2.05, 4.69) is 29.1 Å². The fourth-order valence-electron chi connectivity index (χ4n) is 2.99. The molecule has 0 aliphatic carbocycles. The molecule has 22 heavy (non-hydrogen) atoms. The second-order valence-electron chi connectivity index (χ2n) is 5.83. The van der Waals surface area contributed by atoms with Gasteiger partial charge in [0.15, 0.2) is 0 Å². The maximum absolute atomic E-state index is 12.3. The van der Waals surface area contributed by atoms with E-state index in [9.17, 15) is 4.79 Å². The van der Waals surface area contributed by atoms with Gasteiger partial charge in [-0.3, -0.25) is 4.79 Å². The number of carbonyl (C=O) groups excluding carboxylic acids is 1. The minimum Gasteiger partial charge on any atom is -0.364 e. The SMILES string of the molecule is CCCn1ccc2ccc(NC(=O)[C@@H]3CC[C@H](CN)O3)cc21. The second-order valence-corrected chi connectivity index (χ2v) is 5.83. The van der Waals surface area contributed by atoms with Crippen molar-refractivity contribution in [3.05, 3.63) is 30.5 Å². The second kappa shape index (κ2) is 6.50. The lowest BCUT2D eigenvalue weighted by atomic mass is 10.2. The normalized spacial score (nSPS) is 21.4. The van der Waals surface area contributed by atoms with Gasteiger partial charge in [0.05, 0.1) is 11.6 Å². The number of benzene rings is 1. The van der Waals surface area contributed by atoms with Crippen molar-refractivity contribution in [2.75, 3.05) is 11.9 Å². The van der Waals surface area contributed by atoms with Crippen molar-refractivity contribution in [2.45, 2.75) is 44.9 Å². The maximum Gasteiger partial charge on any atom is 0.253 e. The van der Waals surface area contributed by atoms with E-state index in [1.807, 2.05) is 18.2 Å². The molecule has 1 aromatic heterocycles. The zero-order chi connectivity index (χ0) is 15.5. The van der Waals surface area contributed by atoms with Crippen LogP contribution in [0.15, 0.2) is 30.5 Å². The van der Waals surface area contributed by atoms with Crippen molar-refractivity contribution in [3.63, 3.8) is 0 Å². The number of nitrogens with zero attached hydrogens (tertiary/aromatic N) is 1. The van der Waals surface area contributed by atoms with Crippen LogP contribution in [0.4, 0.5) is 5.69 Å². The minimum absolute atomic E-state index is 0.0139. The van der Waals surface area contributed by atoms with E-state index >= 15 is 0 Å². The van der Waals surface area contributed by atoms with Gasteiger partial charge in [-0.05, 0) is 42.8 Å². The quantitative estimate of drug-likeness (QED) is 0.891. The summed E-state index contributed by atoms with van der Waals surface area (Å²) in [5.74, 6) is -0.0797. The summed E-state index contributed by atoms with van der Waals surface area (Å²) in [6.07, 6.45) is 4.39. The molecule has 1 fully saturated rings. The Hall–Kier alpha value is -1.85. The third-order valence-corrected chi connectivity index (χ3v) is 4.17. The lowest BCUT2D eigenvalue weighted by Gasteiger charge is -2.13. The summed E-state index contributed by atoms with van der Waals surface area (Å²) in [4.78, 5) is 12.3. The molecule has 0 bridgehead atoms. The molecular formula is C17H23N3O2. The largest absolute Gasteiger partial charge is 0.364 e. The molecule has 118 valence electrons. The Bertz CT molecular complexity index is 665. The molecule has 0 unspecified atom stereocenters. The van der Waals surface area contributed by atoms with Crippen molar-refractivity contribution < 1.29 is 9.53 Å². The van der Waals surface area contributed by atoms with Crippen LogP contribution in [-0.2, 0) is 16.1 Å².